The average Bonchev–Trinajstić information content (AvgIpc) is 3.09. The van der Waals surface area contributed by atoms with E-state index in [1.54, 1.807) is 6.92 Å². The molecule has 2 bridgehead atoms. The normalized spacial score (nSPS) is 28.6. The van der Waals surface area contributed by atoms with E-state index >= 15 is 0 Å². The zero-order valence-electron chi connectivity index (χ0n) is 11.7. The van der Waals surface area contributed by atoms with Gasteiger partial charge in [-0.1, -0.05) is 29.8 Å². The zero-order valence-corrected chi connectivity index (χ0v) is 11.7. The van der Waals surface area contributed by atoms with Crippen LogP contribution in [-0.2, 0) is 4.79 Å². The fraction of sp³-hybridized carbons (Fsp3) is 0.500. The summed E-state index contributed by atoms with van der Waals surface area (Å²) in [7, 11) is 0. The molecule has 4 nitrogen and oxygen atoms in total. The van der Waals surface area contributed by atoms with E-state index in [1.165, 1.54) is 19.3 Å². The van der Waals surface area contributed by atoms with E-state index in [4.69, 9.17) is 5.21 Å². The summed E-state index contributed by atoms with van der Waals surface area (Å²) in [5, 5.41) is 15.2. The van der Waals surface area contributed by atoms with Crippen molar-refractivity contribution in [1.29, 1.82) is 0 Å². The Kier molecular flexibility index (Phi) is 3.47. The molecule has 2 N–H and O–H groups in total. The summed E-state index contributed by atoms with van der Waals surface area (Å²) in [4.78, 5) is 12.5. The quantitative estimate of drug-likeness (QED) is 0.504. The first-order chi connectivity index (χ1) is 9.69. The number of benzene rings is 1. The number of anilines is 1. The topological polar surface area (TPSA) is 61.7 Å². The molecule has 2 saturated carbocycles. The molecule has 106 valence electrons. The second-order valence-corrected chi connectivity index (χ2v) is 6.00. The summed E-state index contributed by atoms with van der Waals surface area (Å²) >= 11 is 0. The number of amides is 1. The number of fused-ring (bicyclic) bond motifs is 2. The maximum atomic E-state index is 12.5. The zero-order chi connectivity index (χ0) is 14.1. The Hall–Kier alpha value is -1.84. The Labute approximate surface area is 118 Å². The number of carbonyl (C=O) groups is 1. The van der Waals surface area contributed by atoms with Crippen LogP contribution in [0.25, 0.3) is 0 Å². The van der Waals surface area contributed by atoms with Crippen molar-refractivity contribution in [3.63, 3.8) is 0 Å². The molecule has 1 amide bonds. The molecule has 0 radical (unpaired) electrons. The lowest BCUT2D eigenvalue weighted by atomic mass is 9.88. The van der Waals surface area contributed by atoms with E-state index < -0.39 is 0 Å². The van der Waals surface area contributed by atoms with Gasteiger partial charge in [-0.15, -0.1) is 0 Å². The Balaban J connectivity index is 1.76. The predicted molar refractivity (Wildman–Crippen MR) is 78.0 cm³/mol. The van der Waals surface area contributed by atoms with Crippen LogP contribution in [0.3, 0.4) is 0 Å². The highest BCUT2D eigenvalue weighted by molar-refractivity contribution is 6.06. The lowest BCUT2D eigenvalue weighted by molar-refractivity contribution is -0.121. The maximum Gasteiger partial charge on any atom is 0.227 e. The third-order valence-electron chi connectivity index (χ3n) is 4.80. The summed E-state index contributed by atoms with van der Waals surface area (Å²) < 4.78 is 0. The van der Waals surface area contributed by atoms with Gasteiger partial charge < -0.3 is 10.5 Å². The van der Waals surface area contributed by atoms with Gasteiger partial charge in [0, 0.05) is 17.2 Å². The van der Waals surface area contributed by atoms with Gasteiger partial charge in [-0.05, 0) is 44.1 Å². The highest BCUT2D eigenvalue weighted by atomic mass is 16.4. The molecular formula is C16H20N2O2. The highest BCUT2D eigenvalue weighted by Crippen LogP contribution is 2.48. The largest absolute Gasteiger partial charge is 0.411 e. The van der Waals surface area contributed by atoms with E-state index in [-0.39, 0.29) is 11.8 Å². The molecule has 2 aliphatic rings. The van der Waals surface area contributed by atoms with Crippen LogP contribution in [0.2, 0.25) is 0 Å². The lowest BCUT2D eigenvalue weighted by Gasteiger charge is -2.21. The smallest absolute Gasteiger partial charge is 0.227 e. The molecular weight excluding hydrogens is 252 g/mol. The van der Waals surface area contributed by atoms with Crippen molar-refractivity contribution in [2.75, 3.05) is 5.32 Å². The Morgan fingerprint density at radius 2 is 2.10 bits per heavy atom. The predicted octanol–water partition coefficient (Wildman–Crippen LogP) is 3.26. The molecule has 0 aromatic heterocycles. The van der Waals surface area contributed by atoms with Crippen LogP contribution in [0, 0.1) is 17.8 Å². The van der Waals surface area contributed by atoms with Crippen LogP contribution in [-0.4, -0.2) is 16.8 Å². The van der Waals surface area contributed by atoms with Gasteiger partial charge in [-0.25, -0.2) is 0 Å². The van der Waals surface area contributed by atoms with Crippen LogP contribution < -0.4 is 5.32 Å². The first kappa shape index (κ1) is 13.2. The third kappa shape index (κ3) is 2.30. The average molecular weight is 272 g/mol. The minimum absolute atomic E-state index is 0.121. The molecule has 1 aromatic rings. The van der Waals surface area contributed by atoms with Gasteiger partial charge in [0.2, 0.25) is 5.91 Å². The minimum Gasteiger partial charge on any atom is -0.411 e. The van der Waals surface area contributed by atoms with Gasteiger partial charge in [-0.2, -0.15) is 0 Å². The van der Waals surface area contributed by atoms with Gasteiger partial charge in [0.15, 0.2) is 0 Å². The van der Waals surface area contributed by atoms with E-state index in [0.29, 0.717) is 11.6 Å². The molecule has 2 aliphatic carbocycles. The Morgan fingerprint density at radius 1 is 1.30 bits per heavy atom. The lowest BCUT2D eigenvalue weighted by Crippen LogP contribution is -2.27. The number of para-hydroxylation sites is 1. The van der Waals surface area contributed by atoms with Crippen molar-refractivity contribution < 1.29 is 10.0 Å². The number of hydrogen-bond donors (Lipinski definition) is 2. The van der Waals surface area contributed by atoms with Crippen molar-refractivity contribution in [3.05, 3.63) is 29.8 Å². The SMILES string of the molecule is CC(=NO)c1ccccc1NC(=O)C1CC2CCC1C2. The van der Waals surface area contributed by atoms with Crippen molar-refractivity contribution in [2.45, 2.75) is 32.6 Å². The van der Waals surface area contributed by atoms with Crippen LogP contribution in [0.1, 0.15) is 38.2 Å². The number of oxime groups is 1. The van der Waals surface area contributed by atoms with Crippen LogP contribution in [0.15, 0.2) is 29.4 Å². The molecule has 0 saturated heterocycles. The van der Waals surface area contributed by atoms with Gasteiger partial charge in [0.1, 0.15) is 0 Å². The van der Waals surface area contributed by atoms with Crippen molar-refractivity contribution >= 4 is 17.3 Å². The van der Waals surface area contributed by atoms with Crippen LogP contribution in [0.4, 0.5) is 5.69 Å². The molecule has 0 heterocycles. The van der Waals surface area contributed by atoms with Gasteiger partial charge >= 0.3 is 0 Å². The number of nitrogens with one attached hydrogen (secondary N) is 1. The van der Waals surface area contributed by atoms with E-state index in [1.807, 2.05) is 24.3 Å². The van der Waals surface area contributed by atoms with Crippen molar-refractivity contribution in [1.82, 2.24) is 0 Å². The number of rotatable bonds is 3. The molecule has 2 fully saturated rings. The van der Waals surface area contributed by atoms with E-state index in [2.05, 4.69) is 10.5 Å². The first-order valence-electron chi connectivity index (χ1n) is 7.28. The van der Waals surface area contributed by atoms with Crippen molar-refractivity contribution in [2.24, 2.45) is 22.9 Å². The van der Waals surface area contributed by atoms with Gasteiger partial charge in [0.25, 0.3) is 0 Å². The molecule has 3 rings (SSSR count). The molecule has 20 heavy (non-hydrogen) atoms. The van der Waals surface area contributed by atoms with Crippen molar-refractivity contribution in [3.8, 4) is 0 Å². The molecule has 1 aromatic carbocycles. The highest BCUT2D eigenvalue weighted by Gasteiger charge is 2.43. The first-order valence-corrected chi connectivity index (χ1v) is 7.28. The molecule has 3 atom stereocenters. The molecule has 3 unspecified atom stereocenters. The molecule has 0 spiro atoms. The second kappa shape index (κ2) is 5.27. The Bertz CT molecular complexity index is 553. The van der Waals surface area contributed by atoms with Gasteiger partial charge in [-0.3, -0.25) is 4.79 Å². The number of carbonyl (C=O) groups excluding carboxylic acids is 1. The number of nitrogens with zero attached hydrogens (tertiary/aromatic N) is 1. The van der Waals surface area contributed by atoms with Gasteiger partial charge in [0.05, 0.1) is 5.71 Å². The maximum absolute atomic E-state index is 12.5. The summed E-state index contributed by atoms with van der Waals surface area (Å²) in [6, 6.07) is 7.46. The third-order valence-corrected chi connectivity index (χ3v) is 4.80. The van der Waals surface area contributed by atoms with E-state index in [0.717, 1.165) is 23.6 Å². The summed E-state index contributed by atoms with van der Waals surface area (Å²) in [6.07, 6.45) is 4.74. The molecule has 0 aliphatic heterocycles. The fourth-order valence-corrected chi connectivity index (χ4v) is 3.75. The number of hydrogen-bond acceptors (Lipinski definition) is 3. The summed E-state index contributed by atoms with van der Waals surface area (Å²) in [5.41, 5.74) is 2.01. The molecule has 4 heteroatoms. The van der Waals surface area contributed by atoms with Crippen LogP contribution in [0.5, 0.6) is 0 Å². The minimum atomic E-state index is 0.121. The fourth-order valence-electron chi connectivity index (χ4n) is 3.75. The van der Waals surface area contributed by atoms with E-state index in [9.17, 15) is 4.79 Å². The standard InChI is InChI=1S/C16H20N2O2/c1-10(18-20)13-4-2-3-5-15(13)17-16(19)14-9-11-6-7-12(14)8-11/h2-5,11-12,14,20H,6-9H2,1H3,(H,17,19). The van der Waals surface area contributed by atoms with Crippen LogP contribution >= 0.6 is 0 Å². The summed E-state index contributed by atoms with van der Waals surface area (Å²) in [6.45, 7) is 1.72. The monoisotopic (exact) mass is 272 g/mol. The Morgan fingerprint density at radius 3 is 2.75 bits per heavy atom. The second-order valence-electron chi connectivity index (χ2n) is 6.00. The summed E-state index contributed by atoms with van der Waals surface area (Å²) in [5.74, 6) is 1.61.